The van der Waals surface area contributed by atoms with E-state index in [-0.39, 0.29) is 35.1 Å². The number of hydrogen-bond donors (Lipinski definition) is 1. The average molecular weight is 432 g/mol. The summed E-state index contributed by atoms with van der Waals surface area (Å²) < 4.78 is 32.8. The Labute approximate surface area is 177 Å². The molecule has 2 aromatic rings. The SMILES string of the molecule is Cc1ccc(C(NC(=O)C2CCCN(S(=O)(=O)c3c(C)noc3C)C2)C2CC2)cc1. The van der Waals surface area contributed by atoms with Gasteiger partial charge >= 0.3 is 0 Å². The second-order valence-corrected chi connectivity index (χ2v) is 10.5. The van der Waals surface area contributed by atoms with Crippen molar-refractivity contribution in [2.45, 2.75) is 57.4 Å². The Balaban J connectivity index is 1.49. The van der Waals surface area contributed by atoms with E-state index in [0.29, 0.717) is 31.0 Å². The minimum absolute atomic E-state index is 0.00681. The maximum absolute atomic E-state index is 13.1. The number of amides is 1. The van der Waals surface area contributed by atoms with Crippen molar-refractivity contribution in [2.75, 3.05) is 13.1 Å². The van der Waals surface area contributed by atoms with Crippen LogP contribution in [0.2, 0.25) is 0 Å². The summed E-state index contributed by atoms with van der Waals surface area (Å²) >= 11 is 0. The van der Waals surface area contributed by atoms with Crippen LogP contribution in [-0.2, 0) is 14.8 Å². The van der Waals surface area contributed by atoms with Crippen molar-refractivity contribution in [2.24, 2.45) is 11.8 Å². The molecule has 2 fully saturated rings. The highest BCUT2D eigenvalue weighted by atomic mass is 32.2. The lowest BCUT2D eigenvalue weighted by atomic mass is 9.96. The molecule has 2 unspecified atom stereocenters. The number of rotatable bonds is 6. The molecule has 1 aromatic heterocycles. The Bertz CT molecular complexity index is 1010. The molecule has 1 N–H and O–H groups in total. The predicted octanol–water partition coefficient (Wildman–Crippen LogP) is 3.27. The Morgan fingerprint density at radius 2 is 1.87 bits per heavy atom. The van der Waals surface area contributed by atoms with Gasteiger partial charge in [0.25, 0.3) is 0 Å². The normalized spacial score (nSPS) is 21.4. The molecular formula is C22H29N3O4S. The molecule has 1 amide bonds. The molecule has 0 bridgehead atoms. The molecule has 7 nitrogen and oxygen atoms in total. The van der Waals surface area contributed by atoms with Crippen LogP contribution in [0.4, 0.5) is 0 Å². The number of nitrogens with zero attached hydrogens (tertiary/aromatic N) is 2. The number of benzene rings is 1. The van der Waals surface area contributed by atoms with Gasteiger partial charge in [0.05, 0.1) is 12.0 Å². The fraction of sp³-hybridized carbons (Fsp3) is 0.545. The first-order chi connectivity index (χ1) is 14.3. The maximum Gasteiger partial charge on any atom is 0.248 e. The minimum atomic E-state index is -3.74. The van der Waals surface area contributed by atoms with Gasteiger partial charge in [-0.2, -0.15) is 4.31 Å². The molecule has 1 aliphatic heterocycles. The van der Waals surface area contributed by atoms with Crippen LogP contribution in [0.1, 0.15) is 54.3 Å². The van der Waals surface area contributed by atoms with Crippen LogP contribution in [0.3, 0.4) is 0 Å². The number of nitrogens with one attached hydrogen (secondary N) is 1. The molecule has 0 spiro atoms. The lowest BCUT2D eigenvalue weighted by Gasteiger charge is -2.32. The molecule has 0 radical (unpaired) electrons. The summed E-state index contributed by atoms with van der Waals surface area (Å²) in [6.45, 7) is 5.86. The van der Waals surface area contributed by atoms with Crippen LogP contribution < -0.4 is 5.32 Å². The number of piperidine rings is 1. The molecule has 162 valence electrons. The van der Waals surface area contributed by atoms with Crippen molar-refractivity contribution in [3.63, 3.8) is 0 Å². The first-order valence-corrected chi connectivity index (χ1v) is 12.0. The van der Waals surface area contributed by atoms with E-state index < -0.39 is 10.0 Å². The highest BCUT2D eigenvalue weighted by Gasteiger charge is 2.39. The van der Waals surface area contributed by atoms with Crippen LogP contribution >= 0.6 is 0 Å². The van der Waals surface area contributed by atoms with Crippen molar-refractivity contribution < 1.29 is 17.7 Å². The first kappa shape index (κ1) is 21.1. The van der Waals surface area contributed by atoms with Crippen LogP contribution in [0.15, 0.2) is 33.7 Å². The molecule has 4 rings (SSSR count). The van der Waals surface area contributed by atoms with E-state index in [9.17, 15) is 13.2 Å². The van der Waals surface area contributed by atoms with E-state index >= 15 is 0 Å². The van der Waals surface area contributed by atoms with Gasteiger partial charge in [-0.3, -0.25) is 4.79 Å². The third-order valence-corrected chi connectivity index (χ3v) is 8.26. The molecule has 1 saturated carbocycles. The highest BCUT2D eigenvalue weighted by molar-refractivity contribution is 7.89. The summed E-state index contributed by atoms with van der Waals surface area (Å²) in [5.41, 5.74) is 2.66. The van der Waals surface area contributed by atoms with E-state index in [1.54, 1.807) is 13.8 Å². The van der Waals surface area contributed by atoms with Crippen LogP contribution in [-0.4, -0.2) is 36.9 Å². The largest absolute Gasteiger partial charge is 0.360 e. The van der Waals surface area contributed by atoms with E-state index in [1.807, 2.05) is 6.92 Å². The smallest absolute Gasteiger partial charge is 0.248 e. The van der Waals surface area contributed by atoms with Gasteiger partial charge < -0.3 is 9.84 Å². The van der Waals surface area contributed by atoms with E-state index in [1.165, 1.54) is 9.87 Å². The van der Waals surface area contributed by atoms with Crippen molar-refractivity contribution >= 4 is 15.9 Å². The highest BCUT2D eigenvalue weighted by Crippen LogP contribution is 2.41. The van der Waals surface area contributed by atoms with Crippen molar-refractivity contribution in [3.8, 4) is 0 Å². The van der Waals surface area contributed by atoms with Gasteiger partial charge in [-0.05, 0) is 57.9 Å². The Kier molecular flexibility index (Phi) is 5.72. The van der Waals surface area contributed by atoms with Gasteiger partial charge in [0.1, 0.15) is 10.6 Å². The van der Waals surface area contributed by atoms with Gasteiger partial charge in [0.2, 0.25) is 15.9 Å². The zero-order valence-electron chi connectivity index (χ0n) is 17.7. The van der Waals surface area contributed by atoms with E-state index in [4.69, 9.17) is 4.52 Å². The summed E-state index contributed by atoms with van der Waals surface area (Å²) in [6.07, 6.45) is 3.55. The zero-order valence-corrected chi connectivity index (χ0v) is 18.5. The van der Waals surface area contributed by atoms with Crippen molar-refractivity contribution in [1.29, 1.82) is 0 Å². The monoisotopic (exact) mass is 431 g/mol. The van der Waals surface area contributed by atoms with Crippen molar-refractivity contribution in [3.05, 3.63) is 46.8 Å². The summed E-state index contributed by atoms with van der Waals surface area (Å²) in [7, 11) is -3.74. The second kappa shape index (κ2) is 8.15. The summed E-state index contributed by atoms with van der Waals surface area (Å²) in [5, 5.41) is 7.00. The molecule has 30 heavy (non-hydrogen) atoms. The third kappa shape index (κ3) is 4.16. The Hall–Kier alpha value is -2.19. The molecule has 2 aliphatic rings. The predicted molar refractivity (Wildman–Crippen MR) is 112 cm³/mol. The maximum atomic E-state index is 13.1. The van der Waals surface area contributed by atoms with Crippen molar-refractivity contribution in [1.82, 2.24) is 14.8 Å². The average Bonchev–Trinajstić information content (AvgIpc) is 3.50. The Morgan fingerprint density at radius 1 is 1.17 bits per heavy atom. The zero-order chi connectivity index (χ0) is 21.5. The minimum Gasteiger partial charge on any atom is -0.360 e. The number of aromatic nitrogens is 1. The lowest BCUT2D eigenvalue weighted by Crippen LogP contribution is -2.46. The second-order valence-electron chi connectivity index (χ2n) is 8.59. The number of carbonyl (C=O) groups excluding carboxylic acids is 1. The fourth-order valence-electron chi connectivity index (χ4n) is 4.29. The first-order valence-electron chi connectivity index (χ1n) is 10.6. The van der Waals surface area contributed by atoms with E-state index in [2.05, 4.69) is 34.7 Å². The number of sulfonamides is 1. The van der Waals surface area contributed by atoms with E-state index in [0.717, 1.165) is 18.4 Å². The van der Waals surface area contributed by atoms with Crippen LogP contribution in [0.5, 0.6) is 0 Å². The number of carbonyl (C=O) groups is 1. The van der Waals surface area contributed by atoms with Gasteiger partial charge in [0.15, 0.2) is 5.76 Å². The third-order valence-electron chi connectivity index (χ3n) is 6.15. The quantitative estimate of drug-likeness (QED) is 0.758. The molecular weight excluding hydrogens is 402 g/mol. The molecule has 2 heterocycles. The topological polar surface area (TPSA) is 92.5 Å². The molecule has 8 heteroatoms. The standard InChI is InChI=1S/C22H29N3O4S/c1-14-6-8-17(9-7-14)20(18-10-11-18)23-22(26)19-5-4-12-25(13-19)30(27,28)21-15(2)24-29-16(21)3/h6-9,18-20H,4-5,10-13H2,1-3H3,(H,23,26). The summed E-state index contributed by atoms with van der Waals surface area (Å²) in [4.78, 5) is 13.2. The van der Waals surface area contributed by atoms with Gasteiger partial charge in [-0.25, -0.2) is 8.42 Å². The summed E-state index contributed by atoms with van der Waals surface area (Å²) in [6, 6.07) is 8.28. The fourth-order valence-corrected chi connectivity index (χ4v) is 6.11. The molecule has 1 aromatic carbocycles. The van der Waals surface area contributed by atoms with Gasteiger partial charge in [0, 0.05) is 13.1 Å². The van der Waals surface area contributed by atoms with Crippen LogP contribution in [0, 0.1) is 32.6 Å². The number of aryl methyl sites for hydroxylation is 3. The number of hydrogen-bond acceptors (Lipinski definition) is 5. The molecule has 2 atom stereocenters. The van der Waals surface area contributed by atoms with Gasteiger partial charge in [-0.1, -0.05) is 35.0 Å². The van der Waals surface area contributed by atoms with Crippen LogP contribution in [0.25, 0.3) is 0 Å². The summed E-state index contributed by atoms with van der Waals surface area (Å²) in [5.74, 6) is 0.321. The molecule has 1 aliphatic carbocycles. The van der Waals surface area contributed by atoms with Gasteiger partial charge in [-0.15, -0.1) is 0 Å². The Morgan fingerprint density at radius 3 is 2.47 bits per heavy atom. The lowest BCUT2D eigenvalue weighted by molar-refractivity contribution is -0.127. The molecule has 1 saturated heterocycles.